The first-order chi connectivity index (χ1) is 12.7. The molecule has 1 aromatic carbocycles. The van der Waals surface area contributed by atoms with Crippen LogP contribution in [-0.4, -0.2) is 20.4 Å². The molecule has 0 unspecified atom stereocenters. The van der Waals surface area contributed by atoms with Gasteiger partial charge in [0.25, 0.3) is 5.91 Å². The first kappa shape index (κ1) is 20.7. The van der Waals surface area contributed by atoms with E-state index < -0.39 is 15.9 Å². The highest BCUT2D eigenvalue weighted by Crippen LogP contribution is 2.16. The van der Waals surface area contributed by atoms with Crippen LogP contribution in [0.4, 0.5) is 0 Å². The van der Waals surface area contributed by atoms with Crippen molar-refractivity contribution in [3.05, 3.63) is 58.5 Å². The number of nitrogens with zero attached hydrogens (tertiary/aromatic N) is 1. The number of halogens is 1. The van der Waals surface area contributed by atoms with Gasteiger partial charge >= 0.3 is 0 Å². The first-order valence-corrected chi connectivity index (χ1v) is 9.84. The molecule has 0 bridgehead atoms. The molecule has 1 amide bonds. The van der Waals surface area contributed by atoms with Gasteiger partial charge in [-0.05, 0) is 50.2 Å². The Kier molecular flexibility index (Phi) is 6.80. The molecule has 0 saturated carbocycles. The fourth-order valence-electron chi connectivity index (χ4n) is 2.06. The molecule has 7 nitrogen and oxygen atoms in total. The van der Waals surface area contributed by atoms with Crippen molar-refractivity contribution in [2.45, 2.75) is 31.3 Å². The van der Waals surface area contributed by atoms with Gasteiger partial charge in [0, 0.05) is 17.1 Å². The molecule has 1 aromatic heterocycles. The number of furan rings is 1. The third-order valence-corrected chi connectivity index (χ3v) is 4.98. The molecule has 0 radical (unpaired) electrons. The summed E-state index contributed by atoms with van der Waals surface area (Å²) in [5, 5.41) is 12.2. The van der Waals surface area contributed by atoms with Crippen LogP contribution >= 0.6 is 11.6 Å². The van der Waals surface area contributed by atoms with Crippen LogP contribution in [0.3, 0.4) is 0 Å². The van der Waals surface area contributed by atoms with Crippen LogP contribution < -0.4 is 10.0 Å². The molecule has 0 aliphatic carbocycles. The number of sulfonamides is 1. The van der Waals surface area contributed by atoms with E-state index in [9.17, 15) is 13.2 Å². The minimum absolute atomic E-state index is 0.0794. The predicted molar refractivity (Wildman–Crippen MR) is 101 cm³/mol. The number of carbonyl (C=O) groups is 1. The maximum absolute atomic E-state index is 12.2. The molecule has 27 heavy (non-hydrogen) atoms. The van der Waals surface area contributed by atoms with Crippen LogP contribution in [0.15, 0.2) is 51.3 Å². The maximum Gasteiger partial charge on any atom is 0.262 e. The Bertz CT molecular complexity index is 986. The third-order valence-electron chi connectivity index (χ3n) is 3.31. The van der Waals surface area contributed by atoms with Crippen LogP contribution in [0.1, 0.15) is 25.4 Å². The topological polar surface area (TPSA) is 112 Å². The van der Waals surface area contributed by atoms with Gasteiger partial charge in [-0.2, -0.15) is 5.26 Å². The van der Waals surface area contributed by atoms with Gasteiger partial charge in [-0.25, -0.2) is 13.1 Å². The lowest BCUT2D eigenvalue weighted by atomic mass is 10.2. The Balaban J connectivity index is 2.07. The van der Waals surface area contributed by atoms with Crippen molar-refractivity contribution in [3.63, 3.8) is 0 Å². The fourth-order valence-corrected chi connectivity index (χ4v) is 3.18. The molecule has 2 rings (SSSR count). The van der Waals surface area contributed by atoms with Crippen LogP contribution in [0, 0.1) is 11.3 Å². The largest absolute Gasteiger partial charge is 0.460 e. The second-order valence-electron chi connectivity index (χ2n) is 5.88. The monoisotopic (exact) mass is 407 g/mol. The van der Waals surface area contributed by atoms with Crippen molar-refractivity contribution >= 4 is 33.6 Å². The highest BCUT2D eigenvalue weighted by atomic mass is 35.5. The van der Waals surface area contributed by atoms with Gasteiger partial charge in [0.1, 0.15) is 23.2 Å². The van der Waals surface area contributed by atoms with Gasteiger partial charge in [-0.1, -0.05) is 11.6 Å². The summed E-state index contributed by atoms with van der Waals surface area (Å²) in [4.78, 5) is 12.0. The number of carbonyl (C=O) groups excluding carboxylic acids is 1. The van der Waals surface area contributed by atoms with Gasteiger partial charge in [-0.15, -0.1) is 0 Å². The molecule has 0 spiro atoms. The molecular weight excluding hydrogens is 390 g/mol. The molecule has 0 fully saturated rings. The van der Waals surface area contributed by atoms with Crippen LogP contribution in [0.2, 0.25) is 5.02 Å². The summed E-state index contributed by atoms with van der Waals surface area (Å²) in [6, 6.07) is 10.6. The maximum atomic E-state index is 12.2. The van der Waals surface area contributed by atoms with E-state index in [-0.39, 0.29) is 28.8 Å². The molecule has 2 aromatic rings. The SMILES string of the molecule is CC(C)NC(=O)/C(C#N)=C\c1ccc(CNS(=O)(=O)c2ccc(Cl)cc2)o1. The van der Waals surface area contributed by atoms with E-state index in [0.29, 0.717) is 10.8 Å². The standard InChI is InChI=1S/C18H18ClN3O4S/c1-12(2)22-18(23)13(10-20)9-15-5-6-16(26-15)11-21-27(24,25)17-7-3-14(19)4-8-17/h3-9,12,21H,11H2,1-2H3,(H,22,23)/b13-9-. The lowest BCUT2D eigenvalue weighted by Crippen LogP contribution is -2.30. The summed E-state index contributed by atoms with van der Waals surface area (Å²) in [5.41, 5.74) is -0.105. The van der Waals surface area contributed by atoms with E-state index in [1.165, 1.54) is 30.3 Å². The van der Waals surface area contributed by atoms with E-state index in [4.69, 9.17) is 21.3 Å². The zero-order chi connectivity index (χ0) is 20.0. The van der Waals surface area contributed by atoms with Crippen molar-refractivity contribution in [3.8, 4) is 6.07 Å². The van der Waals surface area contributed by atoms with Crippen LogP contribution in [0.5, 0.6) is 0 Å². The number of benzene rings is 1. The van der Waals surface area contributed by atoms with Crippen molar-refractivity contribution in [2.24, 2.45) is 0 Å². The molecule has 142 valence electrons. The Morgan fingerprint density at radius 1 is 1.26 bits per heavy atom. The number of amides is 1. The van der Waals surface area contributed by atoms with E-state index >= 15 is 0 Å². The summed E-state index contributed by atoms with van der Waals surface area (Å²) in [6.07, 6.45) is 1.30. The molecule has 0 aliphatic rings. The quantitative estimate of drug-likeness (QED) is 0.541. The predicted octanol–water partition coefficient (Wildman–Crippen LogP) is 2.84. The smallest absolute Gasteiger partial charge is 0.262 e. The zero-order valence-corrected chi connectivity index (χ0v) is 16.3. The van der Waals surface area contributed by atoms with Crippen LogP contribution in [-0.2, 0) is 21.4 Å². The Morgan fingerprint density at radius 2 is 1.93 bits per heavy atom. The minimum atomic E-state index is -3.72. The summed E-state index contributed by atoms with van der Waals surface area (Å²) < 4.78 is 32.3. The van der Waals surface area contributed by atoms with Crippen molar-refractivity contribution in [2.75, 3.05) is 0 Å². The third kappa shape index (κ3) is 5.96. The highest BCUT2D eigenvalue weighted by molar-refractivity contribution is 7.89. The molecule has 2 N–H and O–H groups in total. The second-order valence-corrected chi connectivity index (χ2v) is 8.08. The number of hydrogen-bond donors (Lipinski definition) is 2. The lowest BCUT2D eigenvalue weighted by Gasteiger charge is -2.06. The Hall–Kier alpha value is -2.60. The van der Waals surface area contributed by atoms with Crippen LogP contribution in [0.25, 0.3) is 6.08 Å². The summed E-state index contributed by atoms with van der Waals surface area (Å²) in [6.45, 7) is 3.48. The number of nitrogens with one attached hydrogen (secondary N) is 2. The summed E-state index contributed by atoms with van der Waals surface area (Å²) >= 11 is 5.75. The van der Waals surface area contributed by atoms with Crippen molar-refractivity contribution in [1.29, 1.82) is 5.26 Å². The van der Waals surface area contributed by atoms with Gasteiger partial charge in [0.15, 0.2) is 0 Å². The van der Waals surface area contributed by atoms with Crippen molar-refractivity contribution in [1.82, 2.24) is 10.0 Å². The molecule has 0 saturated heterocycles. The number of hydrogen-bond acceptors (Lipinski definition) is 5. The van der Waals surface area contributed by atoms with Gasteiger partial charge in [0.2, 0.25) is 10.0 Å². The normalized spacial score (nSPS) is 12.0. The molecule has 0 atom stereocenters. The minimum Gasteiger partial charge on any atom is -0.460 e. The van der Waals surface area contributed by atoms with Gasteiger partial charge in [-0.3, -0.25) is 4.79 Å². The first-order valence-electron chi connectivity index (χ1n) is 7.98. The summed E-state index contributed by atoms with van der Waals surface area (Å²) in [7, 11) is -3.72. The molecular formula is C18H18ClN3O4S. The molecule has 1 heterocycles. The molecule has 9 heteroatoms. The average Bonchev–Trinajstić information content (AvgIpc) is 3.05. The zero-order valence-electron chi connectivity index (χ0n) is 14.7. The van der Waals surface area contributed by atoms with E-state index in [2.05, 4.69) is 10.0 Å². The highest BCUT2D eigenvalue weighted by Gasteiger charge is 2.15. The van der Waals surface area contributed by atoms with E-state index in [1.54, 1.807) is 26.0 Å². The average molecular weight is 408 g/mol. The number of nitriles is 1. The van der Waals surface area contributed by atoms with E-state index in [0.717, 1.165) is 0 Å². The van der Waals surface area contributed by atoms with Gasteiger partial charge in [0.05, 0.1) is 11.4 Å². The number of rotatable bonds is 7. The summed E-state index contributed by atoms with van der Waals surface area (Å²) in [5.74, 6) is 0.0976. The Morgan fingerprint density at radius 3 is 2.52 bits per heavy atom. The second kappa shape index (κ2) is 8.86. The Labute approximate surface area is 162 Å². The van der Waals surface area contributed by atoms with Crippen molar-refractivity contribution < 1.29 is 17.6 Å². The lowest BCUT2D eigenvalue weighted by molar-refractivity contribution is -0.117. The molecule has 0 aliphatic heterocycles. The fraction of sp³-hybridized carbons (Fsp3) is 0.222. The van der Waals surface area contributed by atoms with Gasteiger partial charge < -0.3 is 9.73 Å². The van der Waals surface area contributed by atoms with E-state index in [1.807, 2.05) is 6.07 Å².